The molecular weight excluding hydrogens is 664 g/mol. The number of rotatable bonds is 15. The molecule has 0 amide bonds. The van der Waals surface area contributed by atoms with Gasteiger partial charge in [0, 0.05) is 27.7 Å². The summed E-state index contributed by atoms with van der Waals surface area (Å²) in [7, 11) is -3.76. The van der Waals surface area contributed by atoms with Gasteiger partial charge in [-0.05, 0) is 84.5 Å². The molecule has 0 bridgehead atoms. The molecule has 3 aromatic carbocycles. The van der Waals surface area contributed by atoms with Crippen LogP contribution in [0.4, 0.5) is 4.39 Å². The molecule has 0 saturated carbocycles. The Balaban J connectivity index is 1.84. The van der Waals surface area contributed by atoms with E-state index in [0.29, 0.717) is 23.3 Å². The second-order valence-electron chi connectivity index (χ2n) is 9.43. The third-order valence-corrected chi connectivity index (χ3v) is 10.5. The molecule has 3 rings (SSSR count). The fourth-order valence-electron chi connectivity index (χ4n) is 4.21. The van der Waals surface area contributed by atoms with Crippen LogP contribution in [-0.2, 0) is 19.2 Å². The van der Waals surface area contributed by atoms with Crippen LogP contribution in [0.1, 0.15) is 44.2 Å². The van der Waals surface area contributed by atoms with Crippen molar-refractivity contribution in [3.63, 3.8) is 0 Å². The number of carboxylic acid groups (broad SMARTS) is 1. The molecule has 1 N–H and O–H groups in total. The van der Waals surface area contributed by atoms with Crippen LogP contribution in [0.25, 0.3) is 11.1 Å². The highest BCUT2D eigenvalue weighted by Gasteiger charge is 2.28. The Labute approximate surface area is 254 Å². The smallest absolute Gasteiger partial charge is 0.341 e. The van der Waals surface area contributed by atoms with Gasteiger partial charge in [-0.2, -0.15) is 4.31 Å². The molecule has 0 aliphatic heterocycles. The number of carbonyl (C=O) groups is 1. The second-order valence-corrected chi connectivity index (χ2v) is 13.5. The first-order valence-corrected chi connectivity index (χ1v) is 17.0. The normalized spacial score (nSPS) is 12.4. The fraction of sp³-hybridized carbons (Fsp3) is 0.367. The van der Waals surface area contributed by atoms with Crippen molar-refractivity contribution in [2.24, 2.45) is 0 Å². The Morgan fingerprint density at radius 1 is 1.10 bits per heavy atom. The predicted octanol–water partition coefficient (Wildman–Crippen LogP) is 7.56. The standard InChI is InChI=1S/C30H35FINO5S2/c1-4-6-15-33(19-25(5-2)39-26-11-14-29(21(3)16-26)38-20-30(34)35)40(36,37)27-12-13-28(23(17-27)18-32)22-7-9-24(31)10-8-22/h7-14,16-17,25H,4-6,15,18-20H2,1-3H3,(H,34,35)/t25-/m1/s1. The van der Waals surface area contributed by atoms with Crippen LogP contribution in [0.2, 0.25) is 0 Å². The summed E-state index contributed by atoms with van der Waals surface area (Å²) in [5, 5.41) is 8.89. The number of hydrogen-bond donors (Lipinski definition) is 1. The van der Waals surface area contributed by atoms with Gasteiger partial charge in [0.25, 0.3) is 0 Å². The molecule has 0 radical (unpaired) electrons. The van der Waals surface area contributed by atoms with E-state index >= 15 is 0 Å². The maximum atomic E-state index is 13.9. The fourth-order valence-corrected chi connectivity index (χ4v) is 7.71. The minimum absolute atomic E-state index is 0.0133. The number of nitrogens with zero attached hydrogens (tertiary/aromatic N) is 1. The second kappa shape index (κ2) is 15.2. The largest absolute Gasteiger partial charge is 0.482 e. The molecule has 40 heavy (non-hydrogen) atoms. The zero-order valence-electron chi connectivity index (χ0n) is 22.9. The molecule has 1 atom stereocenters. The summed E-state index contributed by atoms with van der Waals surface area (Å²) in [4.78, 5) is 12.1. The molecule has 0 aliphatic carbocycles. The van der Waals surface area contributed by atoms with Crippen molar-refractivity contribution >= 4 is 50.3 Å². The molecule has 0 spiro atoms. The Bertz CT molecular complexity index is 1400. The van der Waals surface area contributed by atoms with Gasteiger partial charge in [-0.1, -0.05) is 61.1 Å². The lowest BCUT2D eigenvalue weighted by molar-refractivity contribution is -0.139. The highest BCUT2D eigenvalue weighted by molar-refractivity contribution is 14.1. The predicted molar refractivity (Wildman–Crippen MR) is 167 cm³/mol. The summed E-state index contributed by atoms with van der Waals surface area (Å²) in [6.07, 6.45) is 2.39. The number of thioether (sulfide) groups is 1. The van der Waals surface area contributed by atoms with E-state index in [-0.39, 0.29) is 16.0 Å². The van der Waals surface area contributed by atoms with Crippen LogP contribution >= 0.6 is 34.4 Å². The molecular formula is C30H35FINO5S2. The van der Waals surface area contributed by atoms with E-state index in [2.05, 4.69) is 22.6 Å². The van der Waals surface area contributed by atoms with E-state index in [9.17, 15) is 17.6 Å². The lowest BCUT2D eigenvalue weighted by Crippen LogP contribution is -2.37. The molecule has 0 unspecified atom stereocenters. The number of benzene rings is 3. The first-order chi connectivity index (χ1) is 19.1. The van der Waals surface area contributed by atoms with Crippen LogP contribution in [-0.4, -0.2) is 48.7 Å². The van der Waals surface area contributed by atoms with Gasteiger partial charge in [0.2, 0.25) is 10.0 Å². The minimum atomic E-state index is -3.76. The van der Waals surface area contributed by atoms with Crippen molar-refractivity contribution in [1.29, 1.82) is 0 Å². The van der Waals surface area contributed by atoms with E-state index < -0.39 is 22.6 Å². The molecule has 10 heteroatoms. The summed E-state index contributed by atoms with van der Waals surface area (Å²) < 4.78 is 48.8. The topological polar surface area (TPSA) is 83.9 Å². The van der Waals surface area contributed by atoms with Crippen molar-refractivity contribution in [1.82, 2.24) is 4.31 Å². The van der Waals surface area contributed by atoms with Crippen molar-refractivity contribution in [2.75, 3.05) is 19.7 Å². The van der Waals surface area contributed by atoms with Gasteiger partial charge in [0.1, 0.15) is 11.6 Å². The SMILES string of the molecule is CCCCN(C[C@@H](CC)Sc1ccc(OCC(=O)O)c(C)c1)S(=O)(=O)c1ccc(-c2ccc(F)cc2)c(CI)c1. The maximum absolute atomic E-state index is 13.9. The summed E-state index contributed by atoms with van der Waals surface area (Å²) in [5.41, 5.74) is 3.44. The van der Waals surface area contributed by atoms with E-state index in [1.165, 1.54) is 12.1 Å². The van der Waals surface area contributed by atoms with Gasteiger partial charge < -0.3 is 9.84 Å². The molecule has 3 aromatic rings. The van der Waals surface area contributed by atoms with Gasteiger partial charge in [-0.15, -0.1) is 11.8 Å². The average molecular weight is 700 g/mol. The molecule has 0 aliphatic rings. The van der Waals surface area contributed by atoms with Crippen LogP contribution < -0.4 is 4.74 Å². The molecule has 0 aromatic heterocycles. The number of carboxylic acids is 1. The van der Waals surface area contributed by atoms with Crippen molar-refractivity contribution in [3.05, 3.63) is 77.6 Å². The summed E-state index contributed by atoms with van der Waals surface area (Å²) in [6, 6.07) is 17.0. The first kappa shape index (κ1) is 32.4. The number of unbranched alkanes of at least 4 members (excludes halogenated alkanes) is 1. The zero-order valence-corrected chi connectivity index (χ0v) is 26.7. The Morgan fingerprint density at radius 2 is 1.82 bits per heavy atom. The van der Waals surface area contributed by atoms with Crippen LogP contribution in [0, 0.1) is 12.7 Å². The number of hydrogen-bond acceptors (Lipinski definition) is 5. The van der Waals surface area contributed by atoms with E-state index in [1.807, 2.05) is 39.0 Å². The van der Waals surface area contributed by atoms with Gasteiger partial charge in [0.05, 0.1) is 4.90 Å². The number of aryl methyl sites for hydroxylation is 1. The highest BCUT2D eigenvalue weighted by Crippen LogP contribution is 2.33. The summed E-state index contributed by atoms with van der Waals surface area (Å²) >= 11 is 3.83. The monoisotopic (exact) mass is 699 g/mol. The summed E-state index contributed by atoms with van der Waals surface area (Å²) in [6.45, 7) is 6.33. The minimum Gasteiger partial charge on any atom is -0.482 e. The van der Waals surface area contributed by atoms with Gasteiger partial charge in [-0.3, -0.25) is 0 Å². The van der Waals surface area contributed by atoms with Crippen molar-refractivity contribution in [2.45, 2.75) is 59.5 Å². The highest BCUT2D eigenvalue weighted by atomic mass is 127. The van der Waals surface area contributed by atoms with Crippen molar-refractivity contribution in [3.8, 4) is 16.9 Å². The van der Waals surface area contributed by atoms with Crippen molar-refractivity contribution < 1.29 is 27.4 Å². The number of alkyl halides is 1. The molecule has 216 valence electrons. The Kier molecular flexibility index (Phi) is 12.3. The molecule has 0 heterocycles. The quantitative estimate of drug-likeness (QED) is 0.100. The number of sulfonamides is 1. The summed E-state index contributed by atoms with van der Waals surface area (Å²) in [5.74, 6) is -0.832. The van der Waals surface area contributed by atoms with Crippen LogP contribution in [0.5, 0.6) is 5.75 Å². The zero-order chi connectivity index (χ0) is 29.3. The molecule has 6 nitrogen and oxygen atoms in total. The Morgan fingerprint density at radius 3 is 2.42 bits per heavy atom. The van der Waals surface area contributed by atoms with Gasteiger partial charge in [0.15, 0.2) is 6.61 Å². The number of halogens is 2. The number of aliphatic carboxylic acids is 1. The van der Waals surface area contributed by atoms with E-state index in [4.69, 9.17) is 9.84 Å². The molecule has 0 fully saturated rings. The van der Waals surface area contributed by atoms with E-state index in [0.717, 1.165) is 46.4 Å². The third kappa shape index (κ3) is 8.67. The first-order valence-electron chi connectivity index (χ1n) is 13.2. The third-order valence-electron chi connectivity index (χ3n) is 6.44. The van der Waals surface area contributed by atoms with Gasteiger partial charge in [-0.25, -0.2) is 17.6 Å². The average Bonchev–Trinajstić information content (AvgIpc) is 2.94. The van der Waals surface area contributed by atoms with Crippen LogP contribution in [0.3, 0.4) is 0 Å². The van der Waals surface area contributed by atoms with Crippen LogP contribution in [0.15, 0.2) is 70.5 Å². The lowest BCUT2D eigenvalue weighted by Gasteiger charge is -2.27. The number of ether oxygens (including phenoxy) is 1. The maximum Gasteiger partial charge on any atom is 0.341 e. The lowest BCUT2D eigenvalue weighted by atomic mass is 10.0. The molecule has 0 saturated heterocycles. The Hall–Kier alpha value is -2.15. The van der Waals surface area contributed by atoms with Gasteiger partial charge >= 0.3 is 5.97 Å². The van der Waals surface area contributed by atoms with E-state index in [1.54, 1.807) is 46.4 Å².